The van der Waals surface area contributed by atoms with Crippen LogP contribution >= 0.6 is 0 Å². The van der Waals surface area contributed by atoms with E-state index in [1.807, 2.05) is 23.1 Å². The molecule has 0 radical (unpaired) electrons. The third kappa shape index (κ3) is 1.99. The van der Waals surface area contributed by atoms with E-state index >= 15 is 0 Å². The maximum absolute atomic E-state index is 8.97. The zero-order valence-corrected chi connectivity index (χ0v) is 11.2. The molecule has 0 spiro atoms. The molecule has 0 bridgehead atoms. The lowest BCUT2D eigenvalue weighted by molar-refractivity contribution is 0.533. The van der Waals surface area contributed by atoms with Gasteiger partial charge in [-0.15, -0.1) is 0 Å². The molecule has 3 aromatic rings. The number of hydrogen-bond acceptors (Lipinski definition) is 4. The molecule has 3 aromatic heterocycles. The Morgan fingerprint density at radius 2 is 2.33 bits per heavy atom. The Kier molecular flexibility index (Phi) is 2.57. The quantitative estimate of drug-likeness (QED) is 0.742. The molecule has 0 amide bonds. The summed E-state index contributed by atoms with van der Waals surface area (Å²) in [5.41, 5.74) is 3.88. The van der Waals surface area contributed by atoms with Crippen LogP contribution in [0.2, 0.25) is 0 Å². The fourth-order valence-corrected chi connectivity index (χ4v) is 2.55. The first-order valence-electron chi connectivity index (χ1n) is 6.75. The van der Waals surface area contributed by atoms with E-state index in [0.29, 0.717) is 6.42 Å². The molecule has 1 aliphatic rings. The molecule has 0 saturated heterocycles. The molecular formula is C15H12N6. The second-order valence-corrected chi connectivity index (χ2v) is 5.03. The first-order chi connectivity index (χ1) is 10.4. The molecule has 1 N–H and O–H groups in total. The normalized spacial score (nSPS) is 14.7. The summed E-state index contributed by atoms with van der Waals surface area (Å²) in [6, 6.07) is 4.23. The predicted molar refractivity (Wildman–Crippen MR) is 77.1 cm³/mol. The van der Waals surface area contributed by atoms with E-state index in [0.717, 1.165) is 28.7 Å². The largest absolute Gasteiger partial charge is 0.346 e. The summed E-state index contributed by atoms with van der Waals surface area (Å²) in [5, 5.41) is 14.4. The van der Waals surface area contributed by atoms with E-state index < -0.39 is 0 Å². The molecule has 3 heterocycles. The first kappa shape index (κ1) is 11.9. The van der Waals surface area contributed by atoms with Crippen molar-refractivity contribution in [1.82, 2.24) is 24.7 Å². The van der Waals surface area contributed by atoms with Crippen LogP contribution in [0.25, 0.3) is 22.3 Å². The molecule has 1 aliphatic carbocycles. The molecule has 6 heteroatoms. The molecule has 0 unspecified atom stereocenters. The van der Waals surface area contributed by atoms with Crippen molar-refractivity contribution < 1.29 is 0 Å². The third-order valence-corrected chi connectivity index (χ3v) is 3.70. The van der Waals surface area contributed by atoms with Gasteiger partial charge in [0.1, 0.15) is 12.0 Å². The number of allylic oxidation sites excluding steroid dienone is 2. The molecule has 0 aromatic carbocycles. The maximum atomic E-state index is 8.97. The van der Waals surface area contributed by atoms with Crippen molar-refractivity contribution in [1.29, 1.82) is 5.26 Å². The van der Waals surface area contributed by atoms with Gasteiger partial charge in [-0.05, 0) is 18.1 Å². The van der Waals surface area contributed by atoms with E-state index in [9.17, 15) is 0 Å². The summed E-state index contributed by atoms with van der Waals surface area (Å²) < 4.78 is 1.86. The minimum absolute atomic E-state index is 0.0484. The average Bonchev–Trinajstić information content (AvgIpc) is 3.02. The number of nitriles is 1. The minimum atomic E-state index is 0.0484. The van der Waals surface area contributed by atoms with E-state index in [4.69, 9.17) is 5.26 Å². The van der Waals surface area contributed by atoms with E-state index in [2.05, 4.69) is 32.2 Å². The van der Waals surface area contributed by atoms with Gasteiger partial charge in [0, 0.05) is 23.3 Å². The Bertz CT molecular complexity index is 879. The van der Waals surface area contributed by atoms with Crippen LogP contribution in [0.4, 0.5) is 0 Å². The van der Waals surface area contributed by atoms with Crippen molar-refractivity contribution in [2.45, 2.75) is 18.9 Å². The number of nitrogens with one attached hydrogen (secondary N) is 1. The van der Waals surface area contributed by atoms with Crippen LogP contribution in [-0.2, 0) is 0 Å². The van der Waals surface area contributed by atoms with Gasteiger partial charge < -0.3 is 4.98 Å². The van der Waals surface area contributed by atoms with Gasteiger partial charge in [-0.3, -0.25) is 4.68 Å². The number of H-pyrrole nitrogens is 1. The van der Waals surface area contributed by atoms with Gasteiger partial charge in [-0.2, -0.15) is 10.4 Å². The van der Waals surface area contributed by atoms with Crippen LogP contribution in [0.5, 0.6) is 0 Å². The highest BCUT2D eigenvalue weighted by Gasteiger charge is 2.23. The highest BCUT2D eigenvalue weighted by atomic mass is 15.3. The molecule has 4 rings (SSSR count). The minimum Gasteiger partial charge on any atom is -0.346 e. The summed E-state index contributed by atoms with van der Waals surface area (Å²) in [7, 11) is 0. The Hall–Kier alpha value is -2.94. The summed E-state index contributed by atoms with van der Waals surface area (Å²) in [6.07, 6.45) is 10.7. The number of hydrogen-bond donors (Lipinski definition) is 1. The standard InChI is InChI=1S/C15H12N6/c16-5-3-13(10-1-2-10)21-8-11(7-20-21)14-12-4-6-17-15(12)19-9-18-14/h1,4,6-9,13H,2-3H2,(H,17,18,19)/t13-/m1/s1. The summed E-state index contributed by atoms with van der Waals surface area (Å²) in [6.45, 7) is 0. The summed E-state index contributed by atoms with van der Waals surface area (Å²) in [5.74, 6) is 0. The number of rotatable bonds is 4. The van der Waals surface area contributed by atoms with Gasteiger partial charge in [0.15, 0.2) is 0 Å². The van der Waals surface area contributed by atoms with Gasteiger partial charge in [-0.1, -0.05) is 6.08 Å². The number of nitrogens with zero attached hydrogens (tertiary/aromatic N) is 5. The van der Waals surface area contributed by atoms with Gasteiger partial charge >= 0.3 is 0 Å². The third-order valence-electron chi connectivity index (χ3n) is 3.70. The van der Waals surface area contributed by atoms with Gasteiger partial charge in [0.2, 0.25) is 0 Å². The molecule has 0 saturated carbocycles. The van der Waals surface area contributed by atoms with Gasteiger partial charge in [0.25, 0.3) is 0 Å². The van der Waals surface area contributed by atoms with E-state index in [-0.39, 0.29) is 6.04 Å². The monoisotopic (exact) mass is 276 g/mol. The predicted octanol–water partition coefficient (Wildman–Crippen LogP) is 2.61. The van der Waals surface area contributed by atoms with Crippen LogP contribution in [0.15, 0.2) is 42.6 Å². The second kappa shape index (κ2) is 4.56. The van der Waals surface area contributed by atoms with Crippen LogP contribution in [0.3, 0.4) is 0 Å². The van der Waals surface area contributed by atoms with Crippen molar-refractivity contribution in [3.63, 3.8) is 0 Å². The molecule has 102 valence electrons. The molecule has 0 fully saturated rings. The SMILES string of the molecule is N#CC[C@H](C1=CC1)n1cc(-c2ncnc3[nH]ccc23)cn1. The zero-order chi connectivity index (χ0) is 14.2. The van der Waals surface area contributed by atoms with Crippen LogP contribution in [-0.4, -0.2) is 24.7 Å². The lowest BCUT2D eigenvalue weighted by Crippen LogP contribution is -2.07. The van der Waals surface area contributed by atoms with Crippen molar-refractivity contribution >= 4 is 11.0 Å². The first-order valence-corrected chi connectivity index (χ1v) is 6.75. The summed E-state index contributed by atoms with van der Waals surface area (Å²) in [4.78, 5) is 11.6. The topological polar surface area (TPSA) is 83.2 Å². The van der Waals surface area contributed by atoms with Crippen molar-refractivity contribution in [2.24, 2.45) is 0 Å². The van der Waals surface area contributed by atoms with Crippen LogP contribution in [0.1, 0.15) is 18.9 Å². The molecule has 21 heavy (non-hydrogen) atoms. The summed E-state index contributed by atoms with van der Waals surface area (Å²) >= 11 is 0. The number of aromatic amines is 1. The Balaban J connectivity index is 1.76. The Morgan fingerprint density at radius 3 is 3.14 bits per heavy atom. The molecule has 0 aliphatic heterocycles. The second-order valence-electron chi connectivity index (χ2n) is 5.03. The van der Waals surface area contributed by atoms with Gasteiger partial charge in [-0.25, -0.2) is 9.97 Å². The van der Waals surface area contributed by atoms with Crippen molar-refractivity contribution in [3.05, 3.63) is 42.6 Å². The molecule has 6 nitrogen and oxygen atoms in total. The highest BCUT2D eigenvalue weighted by molar-refractivity contribution is 5.89. The Morgan fingerprint density at radius 1 is 1.43 bits per heavy atom. The smallest absolute Gasteiger partial charge is 0.141 e. The van der Waals surface area contributed by atoms with E-state index in [1.54, 1.807) is 12.5 Å². The zero-order valence-electron chi connectivity index (χ0n) is 11.2. The van der Waals surface area contributed by atoms with Crippen molar-refractivity contribution in [2.75, 3.05) is 0 Å². The molecule has 1 atom stereocenters. The van der Waals surface area contributed by atoms with Crippen LogP contribution in [0, 0.1) is 11.3 Å². The van der Waals surface area contributed by atoms with Crippen molar-refractivity contribution in [3.8, 4) is 17.3 Å². The lowest BCUT2D eigenvalue weighted by Gasteiger charge is -2.10. The average molecular weight is 276 g/mol. The molecular weight excluding hydrogens is 264 g/mol. The maximum Gasteiger partial charge on any atom is 0.141 e. The van der Waals surface area contributed by atoms with Gasteiger partial charge in [0.05, 0.1) is 30.4 Å². The highest BCUT2D eigenvalue weighted by Crippen LogP contribution is 2.34. The number of fused-ring (bicyclic) bond motifs is 1. The lowest BCUT2D eigenvalue weighted by atomic mass is 10.1. The Labute approximate surface area is 120 Å². The number of aromatic nitrogens is 5. The van der Waals surface area contributed by atoms with Crippen LogP contribution < -0.4 is 0 Å². The van der Waals surface area contributed by atoms with E-state index in [1.165, 1.54) is 5.57 Å². The fraction of sp³-hybridized carbons (Fsp3) is 0.200. The fourth-order valence-electron chi connectivity index (χ4n) is 2.55.